The molecule has 1 aliphatic heterocycles. The Hall–Kier alpha value is -3.23. The summed E-state index contributed by atoms with van der Waals surface area (Å²) in [6.07, 6.45) is 0.401. The van der Waals surface area contributed by atoms with E-state index in [1.54, 1.807) is 19.1 Å². The van der Waals surface area contributed by atoms with E-state index in [-0.39, 0.29) is 24.9 Å². The van der Waals surface area contributed by atoms with Crippen LogP contribution in [0.4, 0.5) is 5.69 Å². The molecule has 1 N–H and O–H groups in total. The van der Waals surface area contributed by atoms with Crippen molar-refractivity contribution in [3.05, 3.63) is 29.8 Å². The molecule has 0 radical (unpaired) electrons. The van der Waals surface area contributed by atoms with E-state index in [1.807, 2.05) is 13.8 Å². The number of amides is 3. The van der Waals surface area contributed by atoms with Crippen molar-refractivity contribution in [1.82, 2.24) is 9.80 Å². The predicted molar refractivity (Wildman–Crippen MR) is 109 cm³/mol. The van der Waals surface area contributed by atoms with Gasteiger partial charge in [-0.3, -0.25) is 24.0 Å². The zero-order chi connectivity index (χ0) is 22.3. The third-order valence-corrected chi connectivity index (χ3v) is 4.55. The summed E-state index contributed by atoms with van der Waals surface area (Å²) in [5.41, 5.74) is 0.899. The molecule has 1 aliphatic rings. The van der Waals surface area contributed by atoms with Gasteiger partial charge >= 0.3 is 17.8 Å². The molecule has 162 valence electrons. The van der Waals surface area contributed by atoms with Gasteiger partial charge in [0.2, 0.25) is 5.91 Å². The Balaban J connectivity index is 1.81. The van der Waals surface area contributed by atoms with Crippen LogP contribution < -0.4 is 5.32 Å². The minimum absolute atomic E-state index is 0.106. The third-order valence-electron chi connectivity index (χ3n) is 4.55. The second kappa shape index (κ2) is 10.5. The van der Waals surface area contributed by atoms with Gasteiger partial charge in [-0.15, -0.1) is 0 Å². The van der Waals surface area contributed by atoms with Crippen molar-refractivity contribution in [2.45, 2.75) is 27.2 Å². The van der Waals surface area contributed by atoms with Crippen LogP contribution in [0.3, 0.4) is 0 Å². The fraction of sp³-hybridized carbons (Fsp3) is 0.476. The van der Waals surface area contributed by atoms with E-state index >= 15 is 0 Å². The maximum atomic E-state index is 12.2. The lowest BCUT2D eigenvalue weighted by Gasteiger charge is -2.32. The van der Waals surface area contributed by atoms with Crippen LogP contribution in [0.5, 0.6) is 0 Å². The van der Waals surface area contributed by atoms with E-state index in [1.165, 1.54) is 17.0 Å². The first-order valence-corrected chi connectivity index (χ1v) is 9.88. The Kier molecular flexibility index (Phi) is 8.08. The van der Waals surface area contributed by atoms with Gasteiger partial charge in [0, 0.05) is 37.3 Å². The lowest BCUT2D eigenvalue weighted by atomic mass is 10.1. The monoisotopic (exact) mass is 417 g/mol. The first-order chi connectivity index (χ1) is 14.2. The molecular formula is C21H27N3O6. The average Bonchev–Trinajstić information content (AvgIpc) is 2.69. The van der Waals surface area contributed by atoms with Crippen molar-refractivity contribution in [1.29, 1.82) is 0 Å². The lowest BCUT2D eigenvalue weighted by Crippen LogP contribution is -2.55. The summed E-state index contributed by atoms with van der Waals surface area (Å²) in [6.45, 7) is 5.83. The van der Waals surface area contributed by atoms with E-state index in [2.05, 4.69) is 5.32 Å². The highest BCUT2D eigenvalue weighted by Gasteiger charge is 2.32. The molecule has 1 aromatic rings. The second-order valence-corrected chi connectivity index (χ2v) is 7.42. The summed E-state index contributed by atoms with van der Waals surface area (Å²) in [5, 5.41) is 2.75. The number of hydrogen-bond donors (Lipinski definition) is 1. The number of benzene rings is 1. The van der Waals surface area contributed by atoms with Gasteiger partial charge in [-0.05, 0) is 37.1 Å². The van der Waals surface area contributed by atoms with Crippen LogP contribution in [-0.4, -0.2) is 72.1 Å². The maximum Gasteiger partial charge on any atom is 0.326 e. The van der Waals surface area contributed by atoms with Crippen LogP contribution in [-0.2, 0) is 23.9 Å². The zero-order valence-corrected chi connectivity index (χ0v) is 17.5. The lowest BCUT2D eigenvalue weighted by molar-refractivity contribution is -0.159. The number of rotatable bonds is 9. The summed E-state index contributed by atoms with van der Waals surface area (Å²) in [6, 6.07) is 6.27. The molecule has 0 aromatic heterocycles. The molecule has 1 saturated heterocycles. The van der Waals surface area contributed by atoms with Crippen molar-refractivity contribution in [2.24, 2.45) is 5.92 Å². The van der Waals surface area contributed by atoms with Crippen LogP contribution in [0.25, 0.3) is 0 Å². The molecule has 2 rings (SSSR count). The molecule has 0 atom stereocenters. The molecule has 1 heterocycles. The molecule has 0 aliphatic carbocycles. The van der Waals surface area contributed by atoms with Gasteiger partial charge in [-0.2, -0.15) is 0 Å². The smallest absolute Gasteiger partial charge is 0.326 e. The molecule has 1 aromatic carbocycles. The average molecular weight is 417 g/mol. The second-order valence-electron chi connectivity index (χ2n) is 7.42. The van der Waals surface area contributed by atoms with Crippen LogP contribution in [0.15, 0.2) is 24.3 Å². The van der Waals surface area contributed by atoms with E-state index < -0.39 is 30.2 Å². The number of esters is 1. The zero-order valence-electron chi connectivity index (χ0n) is 17.5. The van der Waals surface area contributed by atoms with Crippen molar-refractivity contribution >= 4 is 35.2 Å². The number of anilines is 1. The summed E-state index contributed by atoms with van der Waals surface area (Å²) < 4.78 is 4.96. The Morgan fingerprint density at radius 2 is 1.63 bits per heavy atom. The summed E-state index contributed by atoms with van der Waals surface area (Å²) in [5.74, 6) is -2.43. The number of carbonyl (C=O) groups excluding carboxylic acids is 5. The van der Waals surface area contributed by atoms with Crippen LogP contribution in [0.2, 0.25) is 0 Å². The quantitative estimate of drug-likeness (QED) is 0.366. The predicted octanol–water partition coefficient (Wildman–Crippen LogP) is 1.09. The number of piperazine rings is 1. The molecule has 9 heteroatoms. The van der Waals surface area contributed by atoms with Gasteiger partial charge in [-0.25, -0.2) is 0 Å². The van der Waals surface area contributed by atoms with E-state index in [4.69, 9.17) is 4.74 Å². The fourth-order valence-corrected chi connectivity index (χ4v) is 2.92. The number of carbonyl (C=O) groups is 5. The number of Topliss-reactive ketones (excluding diaryl/α,β-unsaturated/α-hetero) is 1. The number of nitrogens with one attached hydrogen (secondary N) is 1. The van der Waals surface area contributed by atoms with Gasteiger partial charge in [0.05, 0.1) is 0 Å². The van der Waals surface area contributed by atoms with E-state index in [0.717, 1.165) is 4.90 Å². The first kappa shape index (κ1) is 23.1. The highest BCUT2D eigenvalue weighted by atomic mass is 16.5. The number of nitrogens with zero attached hydrogens (tertiary/aromatic N) is 2. The maximum absolute atomic E-state index is 12.2. The molecule has 30 heavy (non-hydrogen) atoms. The third kappa shape index (κ3) is 6.40. The number of hydrogen-bond acceptors (Lipinski definition) is 6. The fourth-order valence-electron chi connectivity index (χ4n) is 2.92. The largest absolute Gasteiger partial charge is 0.456 e. The van der Waals surface area contributed by atoms with Crippen LogP contribution in [0.1, 0.15) is 37.6 Å². The summed E-state index contributed by atoms with van der Waals surface area (Å²) >= 11 is 0. The number of ether oxygens (including phenoxy) is 1. The van der Waals surface area contributed by atoms with Crippen molar-refractivity contribution in [3.8, 4) is 0 Å². The number of likely N-dealkylation sites (N-methyl/N-ethyl adjacent to an activating group) is 1. The van der Waals surface area contributed by atoms with Crippen LogP contribution in [0, 0.1) is 5.92 Å². The SMILES string of the molecule is CCN1CCN(CC(=O)OCC(=O)c2ccc(NC(=O)CC(C)C)cc2)C(=O)C1=O. The van der Waals surface area contributed by atoms with Crippen LogP contribution >= 0.6 is 0 Å². The van der Waals surface area contributed by atoms with Gasteiger partial charge < -0.3 is 19.9 Å². The summed E-state index contributed by atoms with van der Waals surface area (Å²) in [7, 11) is 0. The van der Waals surface area contributed by atoms with E-state index in [9.17, 15) is 24.0 Å². The Morgan fingerprint density at radius 3 is 2.23 bits per heavy atom. The minimum atomic E-state index is -0.757. The molecule has 0 bridgehead atoms. The Labute approximate surface area is 175 Å². The minimum Gasteiger partial charge on any atom is -0.456 e. The molecule has 9 nitrogen and oxygen atoms in total. The normalized spacial score (nSPS) is 14.1. The number of ketones is 1. The van der Waals surface area contributed by atoms with Crippen molar-refractivity contribution in [3.63, 3.8) is 0 Å². The molecular weight excluding hydrogens is 390 g/mol. The Morgan fingerprint density at radius 1 is 1.03 bits per heavy atom. The van der Waals surface area contributed by atoms with Gasteiger partial charge in [0.25, 0.3) is 0 Å². The molecule has 3 amide bonds. The highest BCUT2D eigenvalue weighted by molar-refractivity contribution is 6.35. The molecule has 0 saturated carbocycles. The van der Waals surface area contributed by atoms with E-state index in [0.29, 0.717) is 30.8 Å². The molecule has 0 unspecified atom stereocenters. The molecule has 1 fully saturated rings. The first-order valence-electron chi connectivity index (χ1n) is 9.88. The summed E-state index contributed by atoms with van der Waals surface area (Å²) in [4.78, 5) is 62.3. The van der Waals surface area contributed by atoms with Crippen molar-refractivity contribution < 1.29 is 28.7 Å². The standard InChI is InChI=1S/C21H27N3O6/c1-4-23-9-10-24(21(29)20(23)28)12-19(27)30-13-17(25)15-5-7-16(8-6-15)22-18(26)11-14(2)3/h5-8,14H,4,9-13H2,1-3H3,(H,22,26). The van der Waals surface area contributed by atoms with Crippen molar-refractivity contribution in [2.75, 3.05) is 38.1 Å². The van der Waals surface area contributed by atoms with Gasteiger partial charge in [0.1, 0.15) is 6.54 Å². The Bertz CT molecular complexity index is 819. The topological polar surface area (TPSA) is 113 Å². The van der Waals surface area contributed by atoms with Gasteiger partial charge in [-0.1, -0.05) is 13.8 Å². The highest BCUT2D eigenvalue weighted by Crippen LogP contribution is 2.12. The van der Waals surface area contributed by atoms with Gasteiger partial charge in [0.15, 0.2) is 12.4 Å². The molecule has 0 spiro atoms.